The van der Waals surface area contributed by atoms with Crippen LogP contribution in [0, 0.1) is 0 Å². The van der Waals surface area contributed by atoms with Gasteiger partial charge in [0.1, 0.15) is 5.69 Å². The van der Waals surface area contributed by atoms with Crippen molar-refractivity contribution in [2.24, 2.45) is 7.05 Å². The zero-order valence-corrected chi connectivity index (χ0v) is 19.9. The number of rotatable bonds is 6. The molecule has 0 fully saturated rings. The average Bonchev–Trinajstić information content (AvgIpc) is 3.23. The van der Waals surface area contributed by atoms with Gasteiger partial charge >= 0.3 is 0 Å². The fourth-order valence-electron chi connectivity index (χ4n) is 5.12. The molecule has 36 heavy (non-hydrogen) atoms. The van der Waals surface area contributed by atoms with E-state index in [1.165, 1.54) is 0 Å². The van der Waals surface area contributed by atoms with Gasteiger partial charge in [-0.3, -0.25) is 9.59 Å². The zero-order chi connectivity index (χ0) is 24.6. The highest BCUT2D eigenvalue weighted by Crippen LogP contribution is 2.43. The summed E-state index contributed by atoms with van der Waals surface area (Å²) in [4.78, 5) is 28.6. The minimum absolute atomic E-state index is 0.437. The largest absolute Gasteiger partial charge is 0.343 e. The lowest BCUT2D eigenvalue weighted by atomic mass is 9.92. The second kappa shape index (κ2) is 8.82. The van der Waals surface area contributed by atoms with E-state index in [1.807, 2.05) is 121 Å². The number of hydrogen-bond donors (Lipinski definition) is 0. The lowest BCUT2D eigenvalue weighted by molar-refractivity contribution is 0.959. The summed E-state index contributed by atoms with van der Waals surface area (Å²) in [6.07, 6.45) is 0. The van der Waals surface area contributed by atoms with Gasteiger partial charge in [0.05, 0.1) is 11.3 Å². The summed E-state index contributed by atoms with van der Waals surface area (Å²) in [6.45, 7) is 0.480. The zero-order valence-electron chi connectivity index (χ0n) is 19.9. The van der Waals surface area contributed by atoms with Crippen LogP contribution in [0.15, 0.2) is 125 Å². The monoisotopic (exact) mass is 468 g/mol. The maximum Gasteiger partial charge on any atom is 0.250 e. The molecule has 174 valence electrons. The van der Waals surface area contributed by atoms with Gasteiger partial charge in [0.15, 0.2) is 0 Å². The molecule has 0 atom stereocenters. The molecule has 5 aromatic carbocycles. The van der Waals surface area contributed by atoms with E-state index < -0.39 is 10.9 Å². The SMILES string of the molecule is Cn1c(-c2ccccc2)c(-c2c(N(Cc3ccccc3)c3ccccc3)c(=O)c2=O)c2ccccc21. The molecule has 0 saturated carbocycles. The van der Waals surface area contributed by atoms with Crippen LogP contribution in [0.3, 0.4) is 0 Å². The molecule has 0 radical (unpaired) electrons. The molecule has 6 rings (SSSR count). The van der Waals surface area contributed by atoms with Gasteiger partial charge in [-0.15, -0.1) is 0 Å². The predicted octanol–water partition coefficient (Wildman–Crippen LogP) is 6.45. The summed E-state index contributed by atoms with van der Waals surface area (Å²) < 4.78 is 2.12. The van der Waals surface area contributed by atoms with Crippen LogP contribution in [0.25, 0.3) is 33.3 Å². The highest BCUT2D eigenvalue weighted by molar-refractivity contribution is 6.08. The van der Waals surface area contributed by atoms with E-state index in [0.717, 1.165) is 39.0 Å². The molecule has 0 aliphatic heterocycles. The Hall–Kier alpha value is -4.70. The minimum Gasteiger partial charge on any atom is -0.343 e. The first-order valence-corrected chi connectivity index (χ1v) is 12.0. The molecule has 6 aromatic rings. The number of aryl methyl sites for hydroxylation is 1. The first-order valence-electron chi connectivity index (χ1n) is 12.0. The van der Waals surface area contributed by atoms with Crippen molar-refractivity contribution in [1.82, 2.24) is 4.57 Å². The van der Waals surface area contributed by atoms with Crippen molar-refractivity contribution < 1.29 is 0 Å². The van der Waals surface area contributed by atoms with Gasteiger partial charge in [-0.1, -0.05) is 97.1 Å². The van der Waals surface area contributed by atoms with E-state index in [2.05, 4.69) is 10.6 Å². The van der Waals surface area contributed by atoms with Crippen molar-refractivity contribution >= 4 is 22.3 Å². The second-order valence-corrected chi connectivity index (χ2v) is 8.95. The van der Waals surface area contributed by atoms with Crippen LogP contribution in [0.2, 0.25) is 0 Å². The molecule has 0 bridgehead atoms. The fourth-order valence-corrected chi connectivity index (χ4v) is 5.12. The summed E-state index contributed by atoms with van der Waals surface area (Å²) >= 11 is 0. The minimum atomic E-state index is -0.447. The smallest absolute Gasteiger partial charge is 0.250 e. The Kier molecular flexibility index (Phi) is 5.34. The summed E-state index contributed by atoms with van der Waals surface area (Å²) in [5.74, 6) is 0. The van der Waals surface area contributed by atoms with E-state index in [4.69, 9.17) is 0 Å². The molecule has 4 heteroatoms. The van der Waals surface area contributed by atoms with E-state index in [-0.39, 0.29) is 0 Å². The molecule has 0 aliphatic carbocycles. The first-order chi connectivity index (χ1) is 17.6. The van der Waals surface area contributed by atoms with E-state index >= 15 is 0 Å². The van der Waals surface area contributed by atoms with Crippen molar-refractivity contribution in [3.05, 3.63) is 141 Å². The molecular formula is C32H24N2O2. The van der Waals surface area contributed by atoms with Crippen molar-refractivity contribution in [3.63, 3.8) is 0 Å². The summed E-state index contributed by atoms with van der Waals surface area (Å²) in [5.41, 5.74) is 5.73. The molecule has 0 N–H and O–H groups in total. The Morgan fingerprint density at radius 2 is 1.22 bits per heavy atom. The number of nitrogens with zero attached hydrogens (tertiary/aromatic N) is 2. The van der Waals surface area contributed by atoms with Crippen molar-refractivity contribution in [2.45, 2.75) is 6.54 Å². The Bertz CT molecular complexity index is 1740. The number of anilines is 2. The molecule has 0 spiro atoms. The van der Waals surface area contributed by atoms with Crippen molar-refractivity contribution in [3.8, 4) is 22.4 Å². The van der Waals surface area contributed by atoms with Crippen LogP contribution in [0.1, 0.15) is 5.56 Å². The van der Waals surface area contributed by atoms with Crippen molar-refractivity contribution in [1.29, 1.82) is 0 Å². The fraction of sp³-hybridized carbons (Fsp3) is 0.0625. The third-order valence-electron chi connectivity index (χ3n) is 6.81. The van der Waals surface area contributed by atoms with Gasteiger partial charge in [-0.05, 0) is 29.3 Å². The number of hydrogen-bond acceptors (Lipinski definition) is 3. The maximum absolute atomic E-state index is 13.4. The predicted molar refractivity (Wildman–Crippen MR) is 147 cm³/mol. The maximum atomic E-state index is 13.4. The Balaban J connectivity index is 1.63. The highest BCUT2D eigenvalue weighted by atomic mass is 16.2. The molecule has 4 nitrogen and oxygen atoms in total. The van der Waals surface area contributed by atoms with Gasteiger partial charge in [-0.2, -0.15) is 0 Å². The number of fused-ring (bicyclic) bond motifs is 1. The van der Waals surface area contributed by atoms with E-state index in [0.29, 0.717) is 17.8 Å². The molecule has 0 unspecified atom stereocenters. The van der Waals surface area contributed by atoms with Crippen LogP contribution in [0.4, 0.5) is 11.4 Å². The Morgan fingerprint density at radius 3 is 1.92 bits per heavy atom. The molecule has 1 heterocycles. The summed E-state index contributed by atoms with van der Waals surface area (Å²) in [7, 11) is 2.01. The molecule has 0 amide bonds. The van der Waals surface area contributed by atoms with Gasteiger partial charge in [0.2, 0.25) is 5.43 Å². The third kappa shape index (κ3) is 3.46. The molecular weight excluding hydrogens is 444 g/mol. The average molecular weight is 469 g/mol. The standard InChI is InChI=1S/C32H24N2O2/c1-33-26-20-12-11-19-25(26)27(29(33)23-15-7-3-8-16-23)28-30(32(36)31(28)35)34(24-17-9-4-10-18-24)21-22-13-5-2-6-14-22/h2-20H,21H2,1H3. The van der Waals surface area contributed by atoms with Gasteiger partial charge in [0.25, 0.3) is 5.43 Å². The van der Waals surface area contributed by atoms with Crippen LogP contribution in [0.5, 0.6) is 0 Å². The normalized spacial score (nSPS) is 11.2. The van der Waals surface area contributed by atoms with Gasteiger partial charge < -0.3 is 9.47 Å². The van der Waals surface area contributed by atoms with Crippen LogP contribution in [-0.2, 0) is 13.6 Å². The van der Waals surface area contributed by atoms with Gasteiger partial charge in [-0.25, -0.2) is 0 Å². The number of benzene rings is 4. The molecule has 0 aliphatic rings. The highest BCUT2D eigenvalue weighted by Gasteiger charge is 2.32. The van der Waals surface area contributed by atoms with E-state index in [1.54, 1.807) is 0 Å². The van der Waals surface area contributed by atoms with Crippen LogP contribution < -0.4 is 15.8 Å². The van der Waals surface area contributed by atoms with Crippen LogP contribution >= 0.6 is 0 Å². The first kappa shape index (κ1) is 21.8. The second-order valence-electron chi connectivity index (χ2n) is 8.95. The number of aromatic nitrogens is 1. The van der Waals surface area contributed by atoms with Crippen LogP contribution in [-0.4, -0.2) is 4.57 Å². The Morgan fingerprint density at radius 1 is 0.639 bits per heavy atom. The lowest BCUT2D eigenvalue weighted by Gasteiger charge is -2.28. The number of para-hydroxylation sites is 2. The topological polar surface area (TPSA) is 42.3 Å². The molecule has 1 aromatic heterocycles. The lowest BCUT2D eigenvalue weighted by Crippen LogP contribution is -2.40. The summed E-state index contributed by atoms with van der Waals surface area (Å²) in [5, 5.41) is 0.958. The Labute approximate surface area is 209 Å². The quantitative estimate of drug-likeness (QED) is 0.264. The van der Waals surface area contributed by atoms with Gasteiger partial charge in [0, 0.05) is 35.7 Å². The summed E-state index contributed by atoms with van der Waals surface area (Å²) in [6, 6.07) is 37.9. The third-order valence-corrected chi connectivity index (χ3v) is 6.81. The van der Waals surface area contributed by atoms with E-state index in [9.17, 15) is 9.59 Å². The van der Waals surface area contributed by atoms with Crippen molar-refractivity contribution in [2.75, 3.05) is 4.90 Å². The molecule has 0 saturated heterocycles.